The van der Waals surface area contributed by atoms with Gasteiger partial charge in [0.1, 0.15) is 5.01 Å². The van der Waals surface area contributed by atoms with E-state index in [2.05, 4.69) is 10.1 Å². The molecule has 0 amide bonds. The summed E-state index contributed by atoms with van der Waals surface area (Å²) in [5.41, 5.74) is 1.93. The Morgan fingerprint density at radius 1 is 1.10 bits per heavy atom. The minimum absolute atomic E-state index is 0.710. The molecule has 3 nitrogen and oxygen atoms in total. The van der Waals surface area contributed by atoms with Gasteiger partial charge in [0.05, 0.1) is 5.69 Å². The van der Waals surface area contributed by atoms with Gasteiger partial charge in [0.25, 0.3) is 0 Å². The maximum absolute atomic E-state index is 6.02. The van der Waals surface area contributed by atoms with E-state index < -0.39 is 0 Å². The number of para-hydroxylation sites is 1. The summed E-state index contributed by atoms with van der Waals surface area (Å²) in [7, 11) is 1.90. The van der Waals surface area contributed by atoms with Crippen LogP contribution in [0.2, 0.25) is 5.02 Å². The molecule has 3 rings (SSSR count). The van der Waals surface area contributed by atoms with Crippen LogP contribution in [0.25, 0.3) is 10.6 Å². The molecule has 100 valence electrons. The molecule has 0 radical (unpaired) electrons. The van der Waals surface area contributed by atoms with Crippen molar-refractivity contribution in [1.29, 1.82) is 0 Å². The first-order valence-electron chi connectivity index (χ1n) is 6.12. The van der Waals surface area contributed by atoms with Crippen molar-refractivity contribution in [3.63, 3.8) is 0 Å². The minimum Gasteiger partial charge on any atom is -0.241 e. The van der Waals surface area contributed by atoms with Crippen molar-refractivity contribution in [2.75, 3.05) is 0 Å². The summed E-state index contributed by atoms with van der Waals surface area (Å²) in [6, 6.07) is 17.5. The molecule has 0 bridgehead atoms. The normalized spacial score (nSPS) is 11.8. The average molecular weight is 302 g/mol. The maximum atomic E-state index is 6.02. The zero-order valence-electron chi connectivity index (χ0n) is 10.8. The molecule has 0 saturated carbocycles. The third-order valence-electron chi connectivity index (χ3n) is 2.76. The highest BCUT2D eigenvalue weighted by Crippen LogP contribution is 2.22. The smallest absolute Gasteiger partial charge is 0.208 e. The van der Waals surface area contributed by atoms with Crippen molar-refractivity contribution in [1.82, 2.24) is 9.78 Å². The van der Waals surface area contributed by atoms with Crippen molar-refractivity contribution >= 4 is 28.6 Å². The van der Waals surface area contributed by atoms with Gasteiger partial charge in [-0.05, 0) is 24.3 Å². The van der Waals surface area contributed by atoms with Crippen LogP contribution in [0.5, 0.6) is 0 Å². The zero-order valence-corrected chi connectivity index (χ0v) is 12.4. The van der Waals surface area contributed by atoms with E-state index in [1.54, 1.807) is 16.0 Å². The molecule has 1 heterocycles. The summed E-state index contributed by atoms with van der Waals surface area (Å²) < 4.78 is 1.79. The molecule has 20 heavy (non-hydrogen) atoms. The Labute approximate surface area is 125 Å². The van der Waals surface area contributed by atoms with Crippen LogP contribution in [0.3, 0.4) is 0 Å². The Bertz CT molecular complexity index is 790. The van der Waals surface area contributed by atoms with E-state index in [0.29, 0.717) is 5.02 Å². The van der Waals surface area contributed by atoms with Crippen molar-refractivity contribution in [2.45, 2.75) is 0 Å². The van der Waals surface area contributed by atoms with E-state index in [1.165, 1.54) is 0 Å². The zero-order chi connectivity index (χ0) is 13.9. The molecular formula is C15H12ClN3S. The van der Waals surface area contributed by atoms with Crippen molar-refractivity contribution in [3.8, 4) is 10.6 Å². The molecular weight excluding hydrogens is 290 g/mol. The summed E-state index contributed by atoms with van der Waals surface area (Å²) in [6.45, 7) is 0. The Morgan fingerprint density at radius 2 is 1.90 bits per heavy atom. The summed E-state index contributed by atoms with van der Waals surface area (Å²) in [5.74, 6) is 0. The van der Waals surface area contributed by atoms with Gasteiger partial charge in [0.15, 0.2) is 0 Å². The standard InChI is InChI=1S/C15H12ClN3S/c1-19-15(17-13-8-3-2-4-9-13)20-14(18-19)11-6-5-7-12(16)10-11/h2-10H,1H3. The van der Waals surface area contributed by atoms with Gasteiger partial charge in [-0.15, -0.1) is 0 Å². The number of halogens is 1. The number of aryl methyl sites for hydroxylation is 1. The molecule has 0 aliphatic carbocycles. The fourth-order valence-electron chi connectivity index (χ4n) is 1.80. The second kappa shape index (κ2) is 5.61. The minimum atomic E-state index is 0.710. The van der Waals surface area contributed by atoms with Crippen molar-refractivity contribution in [2.24, 2.45) is 12.0 Å². The summed E-state index contributed by atoms with van der Waals surface area (Å²) in [5, 5.41) is 6.12. The summed E-state index contributed by atoms with van der Waals surface area (Å²) in [4.78, 5) is 5.45. The summed E-state index contributed by atoms with van der Waals surface area (Å²) >= 11 is 7.56. The molecule has 0 aliphatic heterocycles. The first-order chi connectivity index (χ1) is 9.72. The molecule has 0 atom stereocenters. The van der Waals surface area contributed by atoms with Gasteiger partial charge in [-0.3, -0.25) is 0 Å². The van der Waals surface area contributed by atoms with E-state index in [4.69, 9.17) is 11.6 Å². The van der Waals surface area contributed by atoms with Gasteiger partial charge in [0, 0.05) is 17.6 Å². The predicted molar refractivity (Wildman–Crippen MR) is 83.2 cm³/mol. The van der Waals surface area contributed by atoms with Gasteiger partial charge >= 0.3 is 0 Å². The molecule has 0 N–H and O–H groups in total. The number of rotatable bonds is 2. The van der Waals surface area contributed by atoms with Crippen LogP contribution >= 0.6 is 22.9 Å². The van der Waals surface area contributed by atoms with Crippen LogP contribution in [0.4, 0.5) is 5.69 Å². The van der Waals surface area contributed by atoms with Gasteiger partial charge in [-0.25, -0.2) is 9.67 Å². The third-order valence-corrected chi connectivity index (χ3v) is 4.04. The van der Waals surface area contributed by atoms with Crippen LogP contribution in [-0.2, 0) is 7.05 Å². The van der Waals surface area contributed by atoms with E-state index >= 15 is 0 Å². The van der Waals surface area contributed by atoms with Gasteiger partial charge in [-0.1, -0.05) is 53.3 Å². The van der Waals surface area contributed by atoms with Crippen LogP contribution in [0.1, 0.15) is 0 Å². The van der Waals surface area contributed by atoms with Crippen LogP contribution in [0, 0.1) is 0 Å². The average Bonchev–Trinajstić information content (AvgIpc) is 2.81. The first-order valence-corrected chi connectivity index (χ1v) is 7.32. The molecule has 0 fully saturated rings. The monoisotopic (exact) mass is 301 g/mol. The summed E-state index contributed by atoms with van der Waals surface area (Å²) in [6.07, 6.45) is 0. The van der Waals surface area contributed by atoms with Crippen LogP contribution in [0.15, 0.2) is 59.6 Å². The number of hydrogen-bond donors (Lipinski definition) is 0. The Morgan fingerprint density at radius 3 is 2.65 bits per heavy atom. The first kappa shape index (κ1) is 13.1. The SMILES string of the molecule is Cn1nc(-c2cccc(Cl)c2)sc1=Nc1ccccc1. The highest BCUT2D eigenvalue weighted by Gasteiger charge is 2.05. The lowest BCUT2D eigenvalue weighted by Crippen LogP contribution is -2.10. The van der Waals surface area contributed by atoms with E-state index in [0.717, 1.165) is 21.1 Å². The molecule has 0 spiro atoms. The van der Waals surface area contributed by atoms with Gasteiger partial charge < -0.3 is 0 Å². The Hall–Kier alpha value is -1.91. The predicted octanol–water partition coefficient (Wildman–Crippen LogP) is 4.03. The molecule has 5 heteroatoms. The molecule has 1 aromatic heterocycles. The number of hydrogen-bond acceptors (Lipinski definition) is 3. The highest BCUT2D eigenvalue weighted by molar-refractivity contribution is 7.12. The van der Waals surface area contributed by atoms with Crippen LogP contribution in [-0.4, -0.2) is 9.78 Å². The van der Waals surface area contributed by atoms with Crippen molar-refractivity contribution in [3.05, 3.63) is 64.4 Å². The quantitative estimate of drug-likeness (QED) is 0.703. The second-order valence-electron chi connectivity index (χ2n) is 4.27. The lowest BCUT2D eigenvalue weighted by atomic mass is 10.2. The third kappa shape index (κ3) is 2.81. The second-order valence-corrected chi connectivity index (χ2v) is 5.66. The molecule has 2 aromatic carbocycles. The topological polar surface area (TPSA) is 30.2 Å². The molecule has 0 saturated heterocycles. The lowest BCUT2D eigenvalue weighted by Gasteiger charge is -1.94. The van der Waals surface area contributed by atoms with E-state index in [9.17, 15) is 0 Å². The fourth-order valence-corrected chi connectivity index (χ4v) is 2.89. The molecule has 3 aromatic rings. The Kier molecular flexibility index (Phi) is 3.67. The fraction of sp³-hybridized carbons (Fsp3) is 0.0667. The number of aromatic nitrogens is 2. The lowest BCUT2D eigenvalue weighted by molar-refractivity contribution is 0.732. The van der Waals surface area contributed by atoms with Crippen LogP contribution < -0.4 is 4.80 Å². The maximum Gasteiger partial charge on any atom is 0.208 e. The molecule has 0 unspecified atom stereocenters. The van der Waals surface area contributed by atoms with E-state index in [-0.39, 0.29) is 0 Å². The number of nitrogens with zero attached hydrogens (tertiary/aromatic N) is 3. The van der Waals surface area contributed by atoms with E-state index in [1.807, 2.05) is 61.6 Å². The number of benzene rings is 2. The van der Waals surface area contributed by atoms with Gasteiger partial charge in [-0.2, -0.15) is 5.10 Å². The highest BCUT2D eigenvalue weighted by atomic mass is 35.5. The largest absolute Gasteiger partial charge is 0.241 e. The molecule has 0 aliphatic rings. The van der Waals surface area contributed by atoms with Crippen molar-refractivity contribution < 1.29 is 0 Å². The van der Waals surface area contributed by atoms with Gasteiger partial charge in [0.2, 0.25) is 4.80 Å². The Balaban J connectivity index is 2.06.